The van der Waals surface area contributed by atoms with Crippen molar-refractivity contribution in [1.29, 1.82) is 0 Å². The van der Waals surface area contributed by atoms with E-state index in [4.69, 9.17) is 9.47 Å². The Bertz CT molecular complexity index is 1280. The van der Waals surface area contributed by atoms with Gasteiger partial charge in [-0.1, -0.05) is 6.07 Å². The van der Waals surface area contributed by atoms with Gasteiger partial charge in [-0.25, -0.2) is 4.68 Å². The van der Waals surface area contributed by atoms with Crippen LogP contribution in [-0.4, -0.2) is 57.8 Å². The predicted octanol–water partition coefficient (Wildman–Crippen LogP) is 4.18. The first kappa shape index (κ1) is 25.4. The van der Waals surface area contributed by atoms with E-state index in [2.05, 4.69) is 15.5 Å². The third kappa shape index (κ3) is 4.59. The van der Waals surface area contributed by atoms with Gasteiger partial charge >= 0.3 is 6.18 Å². The third-order valence-corrected chi connectivity index (χ3v) is 6.62. The third-order valence-electron chi connectivity index (χ3n) is 6.62. The number of rotatable bonds is 6. The van der Waals surface area contributed by atoms with Gasteiger partial charge in [0.1, 0.15) is 5.82 Å². The molecule has 12 heteroatoms. The van der Waals surface area contributed by atoms with Crippen LogP contribution < -0.4 is 14.8 Å². The number of nitrogens with zero attached hydrogens (tertiary/aromatic N) is 5. The van der Waals surface area contributed by atoms with E-state index < -0.39 is 24.2 Å². The molecule has 3 aromatic rings. The minimum Gasteiger partial charge on any atom is -0.493 e. The molecule has 0 unspecified atom stereocenters. The van der Waals surface area contributed by atoms with Gasteiger partial charge in [0, 0.05) is 44.4 Å². The van der Waals surface area contributed by atoms with E-state index in [0.29, 0.717) is 17.1 Å². The molecule has 1 aliphatic heterocycles. The minimum atomic E-state index is -4.56. The van der Waals surface area contributed by atoms with Gasteiger partial charge in [-0.15, -0.1) is 0 Å². The van der Waals surface area contributed by atoms with Crippen molar-refractivity contribution in [3.05, 3.63) is 52.5 Å². The number of benzene rings is 1. The Morgan fingerprint density at radius 1 is 1.17 bits per heavy atom. The molecule has 0 saturated heterocycles. The Morgan fingerprint density at radius 3 is 2.44 bits per heavy atom. The van der Waals surface area contributed by atoms with E-state index in [-0.39, 0.29) is 24.5 Å². The van der Waals surface area contributed by atoms with E-state index in [0.717, 1.165) is 21.6 Å². The molecule has 0 aliphatic carbocycles. The summed E-state index contributed by atoms with van der Waals surface area (Å²) >= 11 is 0. The summed E-state index contributed by atoms with van der Waals surface area (Å²) in [7, 11) is 6.36. The van der Waals surface area contributed by atoms with Crippen molar-refractivity contribution in [3.8, 4) is 11.5 Å². The molecular formula is C24H29F3N6O3. The number of carbonyl (C=O) groups is 1. The molecule has 4 rings (SSSR count). The Labute approximate surface area is 206 Å². The summed E-state index contributed by atoms with van der Waals surface area (Å²) in [5.74, 6) is 0.529. The van der Waals surface area contributed by atoms with Gasteiger partial charge in [-0.3, -0.25) is 9.48 Å². The quantitative estimate of drug-likeness (QED) is 0.540. The Kier molecular flexibility index (Phi) is 6.63. The fourth-order valence-corrected chi connectivity index (χ4v) is 4.52. The number of aromatic nitrogens is 4. The first-order chi connectivity index (χ1) is 16.9. The van der Waals surface area contributed by atoms with Crippen LogP contribution in [0.25, 0.3) is 0 Å². The van der Waals surface area contributed by atoms with E-state index in [1.165, 1.54) is 25.2 Å². The topological polar surface area (TPSA) is 86.4 Å². The molecule has 0 radical (unpaired) electrons. The summed E-state index contributed by atoms with van der Waals surface area (Å²) in [6.45, 7) is 4.01. The SMILES string of the molecule is COc1ccc([C@H]2C[C@@H](C(F)(F)F)n3nc(C(=O)N(C)Cc4c(C)nn(C)c4C)cc3N2)cc1OC. The summed E-state index contributed by atoms with van der Waals surface area (Å²) in [5.41, 5.74) is 3.11. The number of carbonyl (C=O) groups excluding carboxylic acids is 1. The second-order valence-electron chi connectivity index (χ2n) is 8.90. The van der Waals surface area contributed by atoms with Crippen molar-refractivity contribution >= 4 is 11.7 Å². The monoisotopic (exact) mass is 506 g/mol. The van der Waals surface area contributed by atoms with Crippen LogP contribution in [-0.2, 0) is 13.6 Å². The van der Waals surface area contributed by atoms with Crippen molar-refractivity contribution in [3.63, 3.8) is 0 Å². The lowest BCUT2D eigenvalue weighted by Crippen LogP contribution is -2.36. The first-order valence-electron chi connectivity index (χ1n) is 11.3. The Hall–Kier alpha value is -3.70. The van der Waals surface area contributed by atoms with Gasteiger partial charge in [0.25, 0.3) is 5.91 Å². The lowest BCUT2D eigenvalue weighted by Gasteiger charge is -2.33. The highest BCUT2D eigenvalue weighted by Gasteiger charge is 2.47. The molecule has 0 spiro atoms. The molecule has 194 valence electrons. The average molecular weight is 507 g/mol. The number of hydrogen-bond donors (Lipinski definition) is 1. The fraction of sp³-hybridized carbons (Fsp3) is 0.458. The van der Waals surface area contributed by atoms with Gasteiger partial charge < -0.3 is 19.7 Å². The number of fused-ring (bicyclic) bond motifs is 1. The molecule has 0 fully saturated rings. The summed E-state index contributed by atoms with van der Waals surface area (Å²) in [6, 6.07) is 3.78. The molecule has 1 N–H and O–H groups in total. The van der Waals surface area contributed by atoms with Crippen LogP contribution in [0, 0.1) is 13.8 Å². The van der Waals surface area contributed by atoms with Gasteiger partial charge in [0.15, 0.2) is 23.2 Å². The number of anilines is 1. The molecular weight excluding hydrogens is 477 g/mol. The molecule has 1 aromatic carbocycles. The van der Waals surface area contributed by atoms with Gasteiger partial charge in [0.05, 0.1) is 26.0 Å². The molecule has 3 heterocycles. The van der Waals surface area contributed by atoms with E-state index in [1.54, 1.807) is 29.9 Å². The zero-order chi connectivity index (χ0) is 26.4. The number of hydrogen-bond acceptors (Lipinski definition) is 6. The van der Waals surface area contributed by atoms with E-state index in [1.807, 2.05) is 20.9 Å². The second-order valence-corrected chi connectivity index (χ2v) is 8.90. The standard InChI is InChI=1S/C24H29F3N6O3/c1-13-16(14(2)32(4)29-13)12-31(3)23(34)18-11-22-28-17(10-21(24(25,26)27)33(22)30-18)15-7-8-19(35-5)20(9-15)36-6/h7-9,11,17,21,28H,10,12H2,1-6H3/t17-,21+/m1/s1. The molecule has 0 saturated carbocycles. The number of alkyl halides is 3. The lowest BCUT2D eigenvalue weighted by atomic mass is 9.96. The molecule has 0 bridgehead atoms. The van der Waals surface area contributed by atoms with E-state index >= 15 is 0 Å². The number of nitrogens with one attached hydrogen (secondary N) is 1. The smallest absolute Gasteiger partial charge is 0.410 e. The maximum absolute atomic E-state index is 14.1. The maximum atomic E-state index is 14.1. The molecule has 2 atom stereocenters. The zero-order valence-electron chi connectivity index (χ0n) is 21.0. The number of amides is 1. The average Bonchev–Trinajstić information content (AvgIpc) is 3.37. The van der Waals surface area contributed by atoms with Crippen LogP contribution in [0.15, 0.2) is 24.3 Å². The Balaban J connectivity index is 1.64. The van der Waals surface area contributed by atoms with Gasteiger partial charge in [0.2, 0.25) is 0 Å². The highest BCUT2D eigenvalue weighted by molar-refractivity contribution is 5.93. The van der Waals surface area contributed by atoms with Crippen molar-refractivity contribution in [1.82, 2.24) is 24.5 Å². The van der Waals surface area contributed by atoms with Crippen molar-refractivity contribution in [2.24, 2.45) is 7.05 Å². The largest absolute Gasteiger partial charge is 0.493 e. The lowest BCUT2D eigenvalue weighted by molar-refractivity contribution is -0.173. The number of aryl methyl sites for hydroxylation is 2. The molecule has 36 heavy (non-hydrogen) atoms. The zero-order valence-corrected chi connectivity index (χ0v) is 21.0. The summed E-state index contributed by atoms with van der Waals surface area (Å²) in [6.07, 6.45) is -4.86. The molecule has 2 aromatic heterocycles. The highest BCUT2D eigenvalue weighted by atomic mass is 19.4. The van der Waals surface area contributed by atoms with Crippen LogP contribution in [0.2, 0.25) is 0 Å². The van der Waals surface area contributed by atoms with Crippen LogP contribution in [0.1, 0.15) is 51.5 Å². The number of halogens is 3. The Morgan fingerprint density at radius 2 is 1.86 bits per heavy atom. The van der Waals surface area contributed by atoms with Gasteiger partial charge in [-0.05, 0) is 31.5 Å². The van der Waals surface area contributed by atoms with Crippen LogP contribution in [0.5, 0.6) is 11.5 Å². The second kappa shape index (κ2) is 9.40. The van der Waals surface area contributed by atoms with E-state index in [9.17, 15) is 18.0 Å². The maximum Gasteiger partial charge on any atom is 0.410 e. The molecule has 1 amide bonds. The van der Waals surface area contributed by atoms with Crippen LogP contribution in [0.3, 0.4) is 0 Å². The predicted molar refractivity (Wildman–Crippen MR) is 126 cm³/mol. The summed E-state index contributed by atoms with van der Waals surface area (Å²) < 4.78 is 55.4. The first-order valence-corrected chi connectivity index (χ1v) is 11.3. The fourth-order valence-electron chi connectivity index (χ4n) is 4.52. The van der Waals surface area contributed by atoms with Crippen molar-refractivity contribution in [2.45, 2.75) is 45.1 Å². The number of ether oxygens (including phenoxy) is 2. The normalized spacial score (nSPS) is 17.4. The van der Waals surface area contributed by atoms with Crippen LogP contribution in [0.4, 0.5) is 19.0 Å². The van der Waals surface area contributed by atoms with Crippen molar-refractivity contribution in [2.75, 3.05) is 26.6 Å². The van der Waals surface area contributed by atoms with Gasteiger partial charge in [-0.2, -0.15) is 23.4 Å². The van der Waals surface area contributed by atoms with Crippen LogP contribution >= 0.6 is 0 Å². The summed E-state index contributed by atoms with van der Waals surface area (Å²) in [4.78, 5) is 14.6. The highest BCUT2D eigenvalue weighted by Crippen LogP contribution is 2.44. The summed E-state index contributed by atoms with van der Waals surface area (Å²) in [5, 5.41) is 11.5. The van der Waals surface area contributed by atoms with Crippen molar-refractivity contribution < 1.29 is 27.4 Å². The number of methoxy groups -OCH3 is 2. The molecule has 9 nitrogen and oxygen atoms in total. The molecule has 1 aliphatic rings. The minimum absolute atomic E-state index is 0.0681.